The van der Waals surface area contributed by atoms with Gasteiger partial charge in [-0.2, -0.15) is 0 Å². The normalized spacial score (nSPS) is 21.5. The number of nitroso groups, excluding NO2 is 1. The molecule has 1 saturated heterocycles. The zero-order valence-electron chi connectivity index (χ0n) is 12.0. The highest BCUT2D eigenvalue weighted by atomic mass is 16.4. The second-order valence-corrected chi connectivity index (χ2v) is 5.39. The van der Waals surface area contributed by atoms with E-state index in [2.05, 4.69) is 10.4 Å². The first kappa shape index (κ1) is 14.3. The van der Waals surface area contributed by atoms with Crippen molar-refractivity contribution >= 4 is 5.71 Å². The molecule has 22 heavy (non-hydrogen) atoms. The van der Waals surface area contributed by atoms with E-state index in [1.54, 1.807) is 5.01 Å². The molecule has 0 amide bonds. The van der Waals surface area contributed by atoms with E-state index in [0.717, 1.165) is 11.1 Å². The van der Waals surface area contributed by atoms with E-state index in [1.807, 2.05) is 60.7 Å². The third-order valence-electron chi connectivity index (χ3n) is 4.10. The van der Waals surface area contributed by atoms with Gasteiger partial charge in [-0.05, 0) is 11.1 Å². The molecule has 0 radical (unpaired) electrons. The third-order valence-corrected chi connectivity index (χ3v) is 4.10. The molecule has 0 aliphatic carbocycles. The van der Waals surface area contributed by atoms with Crippen molar-refractivity contribution in [3.05, 3.63) is 76.7 Å². The summed E-state index contributed by atoms with van der Waals surface area (Å²) in [6.07, 6.45) is 0.991. The van der Waals surface area contributed by atoms with E-state index < -0.39 is 0 Å². The largest absolute Gasteiger partial charge is 0.411 e. The van der Waals surface area contributed by atoms with Crippen molar-refractivity contribution in [2.45, 2.75) is 24.9 Å². The van der Waals surface area contributed by atoms with Crippen LogP contribution in [0.3, 0.4) is 0 Å². The van der Waals surface area contributed by atoms with Gasteiger partial charge in [-0.3, -0.25) is 0 Å². The van der Waals surface area contributed by atoms with E-state index in [9.17, 15) is 10.1 Å². The van der Waals surface area contributed by atoms with Gasteiger partial charge in [0.25, 0.3) is 0 Å². The average Bonchev–Trinajstić information content (AvgIpc) is 2.62. The van der Waals surface area contributed by atoms with E-state index >= 15 is 0 Å². The fraction of sp³-hybridized carbons (Fsp3) is 0.235. The smallest absolute Gasteiger partial charge is 0.0812 e. The van der Waals surface area contributed by atoms with Crippen LogP contribution < -0.4 is 0 Å². The van der Waals surface area contributed by atoms with Gasteiger partial charge in [0.1, 0.15) is 0 Å². The van der Waals surface area contributed by atoms with Gasteiger partial charge in [0.2, 0.25) is 0 Å². The minimum absolute atomic E-state index is 0.219. The van der Waals surface area contributed by atoms with E-state index in [-0.39, 0.29) is 12.1 Å². The van der Waals surface area contributed by atoms with Gasteiger partial charge in [0.05, 0.1) is 23.1 Å². The van der Waals surface area contributed by atoms with E-state index in [4.69, 9.17) is 0 Å². The molecule has 0 saturated carbocycles. The van der Waals surface area contributed by atoms with E-state index in [0.29, 0.717) is 18.6 Å². The number of hydrogen-bond acceptors (Lipinski definition) is 4. The van der Waals surface area contributed by atoms with Crippen molar-refractivity contribution in [1.29, 1.82) is 0 Å². The summed E-state index contributed by atoms with van der Waals surface area (Å²) in [6, 6.07) is 19.0. The molecule has 5 heteroatoms. The fourth-order valence-corrected chi connectivity index (χ4v) is 3.02. The van der Waals surface area contributed by atoms with Crippen LogP contribution in [-0.4, -0.2) is 15.9 Å². The van der Waals surface area contributed by atoms with Crippen LogP contribution in [0.4, 0.5) is 0 Å². The molecule has 1 fully saturated rings. The lowest BCUT2D eigenvalue weighted by Crippen LogP contribution is -2.36. The Morgan fingerprint density at radius 1 is 0.864 bits per heavy atom. The third kappa shape index (κ3) is 2.70. The first-order chi connectivity index (χ1) is 10.8. The minimum Gasteiger partial charge on any atom is -0.411 e. The molecule has 2 aromatic carbocycles. The van der Waals surface area contributed by atoms with Crippen LogP contribution in [0.1, 0.15) is 36.1 Å². The van der Waals surface area contributed by atoms with Gasteiger partial charge in [0.15, 0.2) is 0 Å². The fourth-order valence-electron chi connectivity index (χ4n) is 3.02. The van der Waals surface area contributed by atoms with Crippen molar-refractivity contribution in [2.24, 2.45) is 10.4 Å². The molecule has 1 heterocycles. The summed E-state index contributed by atoms with van der Waals surface area (Å²) in [5.41, 5.74) is 2.66. The van der Waals surface area contributed by atoms with Crippen LogP contribution in [0.5, 0.6) is 0 Å². The monoisotopic (exact) mass is 295 g/mol. The van der Waals surface area contributed by atoms with Crippen molar-refractivity contribution < 1.29 is 5.21 Å². The van der Waals surface area contributed by atoms with Crippen LogP contribution in [0.2, 0.25) is 0 Å². The molecule has 2 unspecified atom stereocenters. The molecule has 0 bridgehead atoms. The molecule has 2 aromatic rings. The van der Waals surface area contributed by atoms with Crippen molar-refractivity contribution in [1.82, 2.24) is 5.01 Å². The quantitative estimate of drug-likeness (QED) is 0.527. The SMILES string of the molecule is O=NN1C(c2ccccc2)CC(=NO)CC1c1ccccc1. The molecule has 112 valence electrons. The Bertz CT molecular complexity index is 607. The molecule has 2 atom stereocenters. The molecule has 3 rings (SSSR count). The van der Waals surface area contributed by atoms with Crippen molar-refractivity contribution in [2.75, 3.05) is 0 Å². The van der Waals surface area contributed by atoms with Crippen LogP contribution >= 0.6 is 0 Å². The molecule has 0 spiro atoms. The van der Waals surface area contributed by atoms with Gasteiger partial charge in [-0.15, -0.1) is 4.91 Å². The number of nitrogens with zero attached hydrogens (tertiary/aromatic N) is 3. The second-order valence-electron chi connectivity index (χ2n) is 5.39. The molecular weight excluding hydrogens is 278 g/mol. The van der Waals surface area contributed by atoms with Gasteiger partial charge in [0, 0.05) is 12.8 Å². The summed E-state index contributed by atoms with van der Waals surface area (Å²) >= 11 is 0. The molecular formula is C17H17N3O2. The second kappa shape index (κ2) is 6.39. The molecule has 0 aromatic heterocycles. The maximum atomic E-state index is 11.5. The highest BCUT2D eigenvalue weighted by Crippen LogP contribution is 2.40. The Kier molecular flexibility index (Phi) is 4.14. The lowest BCUT2D eigenvalue weighted by Gasteiger charge is -2.38. The number of benzene rings is 2. The zero-order valence-corrected chi connectivity index (χ0v) is 12.0. The molecule has 5 nitrogen and oxygen atoms in total. The topological polar surface area (TPSA) is 65.3 Å². The van der Waals surface area contributed by atoms with Gasteiger partial charge in [-0.25, -0.2) is 5.01 Å². The highest BCUT2D eigenvalue weighted by Gasteiger charge is 2.36. The Morgan fingerprint density at radius 3 is 1.68 bits per heavy atom. The predicted octanol–water partition coefficient (Wildman–Crippen LogP) is 4.08. The first-order valence-electron chi connectivity index (χ1n) is 7.24. The number of hydrogen-bond donors (Lipinski definition) is 1. The Morgan fingerprint density at radius 2 is 1.32 bits per heavy atom. The number of oxime groups is 1. The van der Waals surface area contributed by atoms with Crippen molar-refractivity contribution in [3.63, 3.8) is 0 Å². The van der Waals surface area contributed by atoms with Crippen LogP contribution in [0.25, 0.3) is 0 Å². The van der Waals surface area contributed by atoms with Crippen LogP contribution in [-0.2, 0) is 0 Å². The Labute approximate surface area is 128 Å². The summed E-state index contributed by atoms with van der Waals surface area (Å²) < 4.78 is 0. The van der Waals surface area contributed by atoms with Crippen molar-refractivity contribution in [3.8, 4) is 0 Å². The average molecular weight is 295 g/mol. The summed E-state index contributed by atoms with van der Waals surface area (Å²) in [4.78, 5) is 11.5. The van der Waals surface area contributed by atoms with Crippen LogP contribution in [0, 0.1) is 4.91 Å². The number of piperidine rings is 1. The van der Waals surface area contributed by atoms with Gasteiger partial charge >= 0.3 is 0 Å². The minimum atomic E-state index is -0.219. The maximum Gasteiger partial charge on any atom is 0.0812 e. The Hall–Kier alpha value is -2.69. The zero-order chi connectivity index (χ0) is 15.4. The van der Waals surface area contributed by atoms with Gasteiger partial charge < -0.3 is 5.21 Å². The predicted molar refractivity (Wildman–Crippen MR) is 84.5 cm³/mol. The molecule has 1 aliphatic heterocycles. The number of rotatable bonds is 3. The Balaban J connectivity index is 2.01. The summed E-state index contributed by atoms with van der Waals surface area (Å²) in [5.74, 6) is 0. The highest BCUT2D eigenvalue weighted by molar-refractivity contribution is 5.86. The maximum absolute atomic E-state index is 11.5. The lowest BCUT2D eigenvalue weighted by molar-refractivity contribution is 0.124. The summed E-state index contributed by atoms with van der Waals surface area (Å²) in [6.45, 7) is 0. The van der Waals surface area contributed by atoms with Gasteiger partial charge in [-0.1, -0.05) is 65.8 Å². The van der Waals surface area contributed by atoms with Crippen LogP contribution in [0.15, 0.2) is 71.1 Å². The first-order valence-corrected chi connectivity index (χ1v) is 7.24. The lowest BCUT2D eigenvalue weighted by atomic mass is 9.88. The summed E-state index contributed by atoms with van der Waals surface area (Å²) in [7, 11) is 0. The standard InChI is InChI=1S/C17H17N3O2/c21-18-15-11-16(13-7-3-1-4-8-13)20(19-22)17(12-15)14-9-5-2-6-10-14/h1-10,16-17,21H,11-12H2. The molecule has 1 N–H and O–H groups in total. The van der Waals surface area contributed by atoms with E-state index in [1.165, 1.54) is 0 Å². The molecule has 1 aliphatic rings. The summed E-state index contributed by atoms with van der Waals surface area (Å²) in [5, 5.41) is 17.5.